The molecule has 5 rings (SSSR count). The van der Waals surface area contributed by atoms with Crippen LogP contribution in [0, 0.1) is 0 Å². The van der Waals surface area contributed by atoms with Crippen LogP contribution in [0.1, 0.15) is 36.2 Å². The van der Waals surface area contributed by atoms with Crippen molar-refractivity contribution in [2.24, 2.45) is 0 Å². The van der Waals surface area contributed by atoms with E-state index in [1.165, 1.54) is 12.8 Å². The molecule has 2 aromatic carbocycles. The van der Waals surface area contributed by atoms with E-state index in [1.807, 2.05) is 36.4 Å². The highest BCUT2D eigenvalue weighted by Crippen LogP contribution is 2.51. The molecule has 3 heterocycles. The quantitative estimate of drug-likeness (QED) is 0.834. The summed E-state index contributed by atoms with van der Waals surface area (Å²) >= 11 is 0. The molecule has 2 saturated heterocycles. The lowest BCUT2D eigenvalue weighted by Crippen LogP contribution is -2.30. The van der Waals surface area contributed by atoms with Crippen LogP contribution >= 0.6 is 0 Å². The van der Waals surface area contributed by atoms with E-state index in [0.717, 1.165) is 42.3 Å². The van der Waals surface area contributed by atoms with Gasteiger partial charge in [0.05, 0.1) is 0 Å². The number of benzene rings is 2. The normalized spacial score (nSPS) is 28.6. The van der Waals surface area contributed by atoms with Crippen LogP contribution in [0.5, 0.6) is 11.5 Å². The van der Waals surface area contributed by atoms with Crippen LogP contribution in [0.4, 0.5) is 0 Å². The van der Waals surface area contributed by atoms with E-state index in [9.17, 15) is 0 Å². The van der Waals surface area contributed by atoms with Gasteiger partial charge in [-0.15, -0.1) is 0 Å². The minimum Gasteiger partial charge on any atom is -0.457 e. The molecule has 0 radical (unpaired) electrons. The zero-order valence-corrected chi connectivity index (χ0v) is 13.6. The standard InChI is InChI=1S/C20H21NO3/c1-3-9-16-14(7-1)19-20(15-8-2-4-10-17(15)22-16)24-18(23-19)13-21-11-5-6-12-21/h1-4,7-10,18-20H,5-6,11-13H2. The molecular weight excluding hydrogens is 302 g/mol. The van der Waals surface area contributed by atoms with Crippen LogP contribution < -0.4 is 4.74 Å². The topological polar surface area (TPSA) is 30.9 Å². The van der Waals surface area contributed by atoms with Gasteiger partial charge in [0.15, 0.2) is 6.29 Å². The molecule has 0 aromatic heterocycles. The Kier molecular flexibility index (Phi) is 3.55. The Hall–Kier alpha value is -1.88. The van der Waals surface area contributed by atoms with Crippen molar-refractivity contribution < 1.29 is 14.2 Å². The summed E-state index contributed by atoms with van der Waals surface area (Å²) in [6.07, 6.45) is 2.14. The Morgan fingerprint density at radius 3 is 1.92 bits per heavy atom. The molecule has 3 aliphatic heterocycles. The molecule has 4 nitrogen and oxygen atoms in total. The van der Waals surface area contributed by atoms with Crippen LogP contribution in [0.15, 0.2) is 48.5 Å². The lowest BCUT2D eigenvalue weighted by atomic mass is 9.99. The Balaban J connectivity index is 1.51. The average Bonchev–Trinajstić information content (AvgIpc) is 3.24. The van der Waals surface area contributed by atoms with Crippen molar-refractivity contribution in [3.8, 4) is 11.5 Å². The summed E-state index contributed by atoms with van der Waals surface area (Å²) in [4.78, 5) is 2.43. The van der Waals surface area contributed by atoms with Crippen molar-refractivity contribution in [3.05, 3.63) is 59.7 Å². The molecule has 4 heteroatoms. The molecular formula is C20H21NO3. The van der Waals surface area contributed by atoms with Gasteiger partial charge in [-0.2, -0.15) is 0 Å². The number of hydrogen-bond acceptors (Lipinski definition) is 4. The maximum atomic E-state index is 6.35. The van der Waals surface area contributed by atoms with Crippen molar-refractivity contribution >= 4 is 0 Å². The highest BCUT2D eigenvalue weighted by atomic mass is 16.7. The molecule has 124 valence electrons. The van der Waals surface area contributed by atoms with E-state index in [1.54, 1.807) is 0 Å². The first-order chi connectivity index (χ1) is 11.9. The number of hydrogen-bond donors (Lipinski definition) is 0. The Bertz CT molecular complexity index is 688. The zero-order chi connectivity index (χ0) is 15.9. The van der Waals surface area contributed by atoms with E-state index < -0.39 is 0 Å². The number of likely N-dealkylation sites (tertiary alicyclic amines) is 1. The third-order valence-electron chi connectivity index (χ3n) is 5.15. The summed E-state index contributed by atoms with van der Waals surface area (Å²) in [6, 6.07) is 16.2. The summed E-state index contributed by atoms with van der Waals surface area (Å²) in [5.74, 6) is 1.73. The SMILES string of the molecule is c1ccc2c(c1)Oc1ccccc1C1OC(CN3CCCC3)OC21. The summed E-state index contributed by atoms with van der Waals surface area (Å²) in [5, 5.41) is 0. The average molecular weight is 323 g/mol. The molecule has 0 aliphatic carbocycles. The van der Waals surface area contributed by atoms with E-state index in [2.05, 4.69) is 17.0 Å². The fourth-order valence-electron chi connectivity index (χ4n) is 3.97. The fraction of sp³-hybridized carbons (Fsp3) is 0.400. The first kappa shape index (κ1) is 14.5. The molecule has 2 fully saturated rings. The van der Waals surface area contributed by atoms with Crippen molar-refractivity contribution in [1.82, 2.24) is 4.90 Å². The summed E-state index contributed by atoms with van der Waals surface area (Å²) in [5.41, 5.74) is 2.14. The largest absolute Gasteiger partial charge is 0.457 e. The Morgan fingerprint density at radius 1 is 0.792 bits per heavy atom. The second-order valence-corrected chi connectivity index (χ2v) is 6.73. The molecule has 3 aliphatic rings. The number of ether oxygens (including phenoxy) is 3. The third-order valence-corrected chi connectivity index (χ3v) is 5.15. The van der Waals surface area contributed by atoms with Crippen LogP contribution in [-0.4, -0.2) is 30.8 Å². The van der Waals surface area contributed by atoms with E-state index in [0.29, 0.717) is 0 Å². The number of para-hydroxylation sites is 2. The zero-order valence-electron chi connectivity index (χ0n) is 13.6. The predicted octanol–water partition coefficient (Wildman–Crippen LogP) is 4.04. The van der Waals surface area contributed by atoms with Gasteiger partial charge in [-0.1, -0.05) is 36.4 Å². The second kappa shape index (κ2) is 5.88. The highest BCUT2D eigenvalue weighted by Gasteiger charge is 2.43. The van der Waals surface area contributed by atoms with Crippen molar-refractivity contribution in [3.63, 3.8) is 0 Å². The first-order valence-electron chi connectivity index (χ1n) is 8.77. The van der Waals surface area contributed by atoms with Gasteiger partial charge in [-0.3, -0.25) is 4.90 Å². The molecule has 0 saturated carbocycles. The Morgan fingerprint density at radius 2 is 1.33 bits per heavy atom. The predicted molar refractivity (Wildman–Crippen MR) is 90.1 cm³/mol. The summed E-state index contributed by atoms with van der Waals surface area (Å²) in [7, 11) is 0. The molecule has 0 amide bonds. The van der Waals surface area contributed by atoms with Crippen LogP contribution in [0.25, 0.3) is 0 Å². The highest BCUT2D eigenvalue weighted by molar-refractivity contribution is 5.48. The Labute approximate surface area is 141 Å². The van der Waals surface area contributed by atoms with Gasteiger partial charge in [0, 0.05) is 17.7 Å². The number of nitrogens with zero attached hydrogens (tertiary/aromatic N) is 1. The third kappa shape index (κ3) is 2.42. The van der Waals surface area contributed by atoms with Crippen LogP contribution in [0.2, 0.25) is 0 Å². The van der Waals surface area contributed by atoms with Crippen LogP contribution in [-0.2, 0) is 9.47 Å². The first-order valence-corrected chi connectivity index (χ1v) is 8.77. The van der Waals surface area contributed by atoms with Gasteiger partial charge in [-0.05, 0) is 38.1 Å². The van der Waals surface area contributed by atoms with Crippen molar-refractivity contribution in [2.75, 3.05) is 19.6 Å². The summed E-state index contributed by atoms with van der Waals surface area (Å²) < 4.78 is 18.8. The number of fused-ring (bicyclic) bond motifs is 5. The molecule has 2 atom stereocenters. The van der Waals surface area contributed by atoms with E-state index >= 15 is 0 Å². The minimum atomic E-state index is -0.183. The molecule has 2 unspecified atom stereocenters. The van der Waals surface area contributed by atoms with Gasteiger partial charge in [0.25, 0.3) is 0 Å². The molecule has 0 spiro atoms. The van der Waals surface area contributed by atoms with Gasteiger partial charge >= 0.3 is 0 Å². The monoisotopic (exact) mass is 323 g/mol. The lowest BCUT2D eigenvalue weighted by Gasteiger charge is -2.20. The van der Waals surface area contributed by atoms with E-state index in [4.69, 9.17) is 14.2 Å². The smallest absolute Gasteiger partial charge is 0.172 e. The number of rotatable bonds is 2. The maximum Gasteiger partial charge on any atom is 0.172 e. The second-order valence-electron chi connectivity index (χ2n) is 6.73. The molecule has 0 N–H and O–H groups in total. The lowest BCUT2D eigenvalue weighted by molar-refractivity contribution is -0.0818. The van der Waals surface area contributed by atoms with Crippen LogP contribution in [0.3, 0.4) is 0 Å². The fourth-order valence-corrected chi connectivity index (χ4v) is 3.97. The maximum absolute atomic E-state index is 6.35. The summed E-state index contributed by atoms with van der Waals surface area (Å²) in [6.45, 7) is 3.14. The molecule has 24 heavy (non-hydrogen) atoms. The molecule has 0 bridgehead atoms. The van der Waals surface area contributed by atoms with Gasteiger partial charge in [0.1, 0.15) is 23.7 Å². The minimum absolute atomic E-state index is 0.113. The van der Waals surface area contributed by atoms with Gasteiger partial charge in [0.2, 0.25) is 0 Å². The van der Waals surface area contributed by atoms with Crippen molar-refractivity contribution in [1.29, 1.82) is 0 Å². The van der Waals surface area contributed by atoms with Gasteiger partial charge < -0.3 is 14.2 Å². The van der Waals surface area contributed by atoms with E-state index in [-0.39, 0.29) is 18.5 Å². The van der Waals surface area contributed by atoms with Gasteiger partial charge in [-0.25, -0.2) is 0 Å². The van der Waals surface area contributed by atoms with Crippen molar-refractivity contribution in [2.45, 2.75) is 31.3 Å². The molecule has 2 aromatic rings.